The van der Waals surface area contributed by atoms with Crippen molar-refractivity contribution in [1.29, 1.82) is 0 Å². The second-order valence-corrected chi connectivity index (χ2v) is 7.33. The Kier molecular flexibility index (Phi) is 11.6. The summed E-state index contributed by atoms with van der Waals surface area (Å²) in [7, 11) is 5.10. The molecule has 2 N–H and O–H groups in total. The smallest absolute Gasteiger partial charge is 0.243 e. The minimum Gasteiger partial charge on any atom is -0.497 e. The quantitative estimate of drug-likeness (QED) is 0.301. The number of guanidine groups is 1. The Labute approximate surface area is 201 Å². The van der Waals surface area contributed by atoms with Crippen LogP contribution < -0.4 is 15.4 Å². The first kappa shape index (κ1) is 26.0. The molecule has 0 spiro atoms. The minimum atomic E-state index is -0.0552. The molecule has 8 heteroatoms. The Morgan fingerprint density at radius 2 is 1.77 bits per heavy atom. The fraction of sp³-hybridized carbons (Fsp3) is 0.364. The van der Waals surface area contributed by atoms with Gasteiger partial charge in [0.2, 0.25) is 5.91 Å². The normalized spacial score (nSPS) is 11.8. The lowest BCUT2D eigenvalue weighted by Crippen LogP contribution is -2.40. The number of carbonyl (C=O) groups excluding carboxylic acids is 1. The average molecular weight is 545 g/mol. The number of rotatable bonds is 8. The number of nitrogens with zero attached hydrogens (tertiary/aromatic N) is 2. The summed E-state index contributed by atoms with van der Waals surface area (Å²) in [5.74, 6) is 1.38. The first-order valence-electron chi connectivity index (χ1n) is 9.52. The fourth-order valence-electron chi connectivity index (χ4n) is 2.60. The molecule has 0 aliphatic heterocycles. The van der Waals surface area contributed by atoms with E-state index in [1.807, 2.05) is 55.5 Å². The van der Waals surface area contributed by atoms with Gasteiger partial charge in [-0.3, -0.25) is 4.79 Å². The molecular formula is C22H30ClIN4O2. The van der Waals surface area contributed by atoms with E-state index in [9.17, 15) is 4.79 Å². The number of halogens is 2. The van der Waals surface area contributed by atoms with Crippen molar-refractivity contribution in [3.05, 3.63) is 64.7 Å². The molecule has 0 bridgehead atoms. The number of carbonyl (C=O) groups is 1. The molecule has 0 aromatic heterocycles. The number of nitrogens with one attached hydrogen (secondary N) is 2. The first-order chi connectivity index (χ1) is 13.9. The molecular weight excluding hydrogens is 515 g/mol. The molecule has 1 amide bonds. The second kappa shape index (κ2) is 13.3. The van der Waals surface area contributed by atoms with Crippen LogP contribution in [0, 0.1) is 0 Å². The van der Waals surface area contributed by atoms with E-state index in [4.69, 9.17) is 16.3 Å². The van der Waals surface area contributed by atoms with Gasteiger partial charge in [0.05, 0.1) is 13.2 Å². The molecule has 30 heavy (non-hydrogen) atoms. The van der Waals surface area contributed by atoms with Crippen molar-refractivity contribution in [3.8, 4) is 5.75 Å². The predicted molar refractivity (Wildman–Crippen MR) is 134 cm³/mol. The fourth-order valence-corrected chi connectivity index (χ4v) is 2.72. The van der Waals surface area contributed by atoms with Gasteiger partial charge in [-0.2, -0.15) is 0 Å². The highest BCUT2D eigenvalue weighted by Crippen LogP contribution is 2.16. The maximum atomic E-state index is 11.9. The van der Waals surface area contributed by atoms with Crippen LogP contribution in [0.25, 0.3) is 0 Å². The first-order valence-corrected chi connectivity index (χ1v) is 9.90. The highest BCUT2D eigenvalue weighted by molar-refractivity contribution is 14.0. The van der Waals surface area contributed by atoms with Crippen LogP contribution in [0.1, 0.15) is 24.1 Å². The molecule has 0 radical (unpaired) electrons. The topological polar surface area (TPSA) is 66.0 Å². The van der Waals surface area contributed by atoms with Gasteiger partial charge in [-0.05, 0) is 48.7 Å². The van der Waals surface area contributed by atoms with Crippen molar-refractivity contribution >= 4 is 47.4 Å². The zero-order valence-corrected chi connectivity index (χ0v) is 20.9. The van der Waals surface area contributed by atoms with Crippen LogP contribution in [-0.4, -0.2) is 51.1 Å². The lowest BCUT2D eigenvalue weighted by atomic mass is 10.1. The predicted octanol–water partition coefficient (Wildman–Crippen LogP) is 3.89. The van der Waals surface area contributed by atoms with Crippen LogP contribution in [0.15, 0.2) is 53.5 Å². The molecule has 0 heterocycles. The molecule has 0 aliphatic carbocycles. The molecule has 2 rings (SSSR count). The highest BCUT2D eigenvalue weighted by Gasteiger charge is 2.10. The number of benzene rings is 2. The van der Waals surface area contributed by atoms with Crippen LogP contribution in [0.2, 0.25) is 5.02 Å². The third-order valence-corrected chi connectivity index (χ3v) is 4.71. The third-order valence-electron chi connectivity index (χ3n) is 4.46. The molecule has 0 saturated carbocycles. The Balaban J connectivity index is 0.00000450. The van der Waals surface area contributed by atoms with E-state index >= 15 is 0 Å². The van der Waals surface area contributed by atoms with Gasteiger partial charge in [-0.25, -0.2) is 4.99 Å². The Bertz CT molecular complexity index is 811. The van der Waals surface area contributed by atoms with E-state index in [1.165, 1.54) is 10.5 Å². The molecule has 1 atom stereocenters. The number of amides is 1. The van der Waals surface area contributed by atoms with Crippen molar-refractivity contribution in [1.82, 2.24) is 15.5 Å². The van der Waals surface area contributed by atoms with Crippen LogP contribution in [-0.2, 0) is 11.2 Å². The van der Waals surface area contributed by atoms with Gasteiger partial charge in [0.25, 0.3) is 0 Å². The lowest BCUT2D eigenvalue weighted by molar-refractivity contribution is -0.127. The van der Waals surface area contributed by atoms with E-state index in [-0.39, 0.29) is 42.5 Å². The summed E-state index contributed by atoms with van der Waals surface area (Å²) in [6.45, 7) is 2.80. The summed E-state index contributed by atoms with van der Waals surface area (Å²) < 4.78 is 5.19. The number of methoxy groups -OCH3 is 1. The molecule has 164 valence electrons. The zero-order chi connectivity index (χ0) is 21.2. The summed E-state index contributed by atoms with van der Waals surface area (Å²) in [5.41, 5.74) is 2.27. The minimum absolute atomic E-state index is 0. The SMILES string of the molecule is COc1ccc(CCNC(=NCC(=O)N(C)C)NC(C)c2ccc(Cl)cc2)cc1.I. The van der Waals surface area contributed by atoms with Crippen LogP contribution in [0.4, 0.5) is 0 Å². The Morgan fingerprint density at radius 3 is 2.33 bits per heavy atom. The maximum absolute atomic E-state index is 11.9. The summed E-state index contributed by atoms with van der Waals surface area (Å²) in [6, 6.07) is 15.6. The number of likely N-dealkylation sites (N-methyl/N-ethyl adjacent to an activating group) is 1. The molecule has 6 nitrogen and oxygen atoms in total. The second-order valence-electron chi connectivity index (χ2n) is 6.90. The molecule has 2 aromatic carbocycles. The number of aliphatic imine (C=N–C) groups is 1. The van der Waals surface area contributed by atoms with Gasteiger partial charge >= 0.3 is 0 Å². The van der Waals surface area contributed by atoms with Gasteiger partial charge in [-0.15, -0.1) is 24.0 Å². The zero-order valence-electron chi connectivity index (χ0n) is 17.8. The van der Waals surface area contributed by atoms with E-state index in [0.29, 0.717) is 17.5 Å². The van der Waals surface area contributed by atoms with E-state index in [2.05, 4.69) is 15.6 Å². The highest BCUT2D eigenvalue weighted by atomic mass is 127. The number of hydrogen-bond acceptors (Lipinski definition) is 3. The van der Waals surface area contributed by atoms with Crippen molar-refractivity contribution in [2.75, 3.05) is 34.3 Å². The summed E-state index contributed by atoms with van der Waals surface area (Å²) in [6.07, 6.45) is 0.821. The van der Waals surface area contributed by atoms with E-state index in [1.54, 1.807) is 21.2 Å². The maximum Gasteiger partial charge on any atom is 0.243 e. The lowest BCUT2D eigenvalue weighted by Gasteiger charge is -2.19. The summed E-state index contributed by atoms with van der Waals surface area (Å²) >= 11 is 5.98. The van der Waals surface area contributed by atoms with E-state index < -0.39 is 0 Å². The van der Waals surface area contributed by atoms with Crippen molar-refractivity contribution in [2.45, 2.75) is 19.4 Å². The number of ether oxygens (including phenoxy) is 1. The van der Waals surface area contributed by atoms with E-state index in [0.717, 1.165) is 17.7 Å². The molecule has 0 aliphatic rings. The molecule has 2 aromatic rings. The van der Waals surface area contributed by atoms with Gasteiger partial charge in [0.15, 0.2) is 5.96 Å². The largest absolute Gasteiger partial charge is 0.497 e. The molecule has 0 fully saturated rings. The average Bonchev–Trinajstić information content (AvgIpc) is 2.72. The molecule has 1 unspecified atom stereocenters. The Morgan fingerprint density at radius 1 is 1.13 bits per heavy atom. The van der Waals surface area contributed by atoms with Crippen LogP contribution in [0.5, 0.6) is 5.75 Å². The summed E-state index contributed by atoms with van der Waals surface area (Å²) in [5, 5.41) is 7.37. The summed E-state index contributed by atoms with van der Waals surface area (Å²) in [4.78, 5) is 17.9. The third kappa shape index (κ3) is 8.79. The van der Waals surface area contributed by atoms with Gasteiger partial charge in [0.1, 0.15) is 12.3 Å². The van der Waals surface area contributed by atoms with Gasteiger partial charge in [-0.1, -0.05) is 35.9 Å². The van der Waals surface area contributed by atoms with Crippen molar-refractivity contribution in [2.24, 2.45) is 4.99 Å². The van der Waals surface area contributed by atoms with Crippen LogP contribution >= 0.6 is 35.6 Å². The molecule has 0 saturated heterocycles. The van der Waals surface area contributed by atoms with Crippen LogP contribution in [0.3, 0.4) is 0 Å². The standard InChI is InChI=1S/C22H29ClN4O2.HI/c1-16(18-7-9-19(23)10-8-18)26-22(25-15-21(28)27(2)3)24-14-13-17-5-11-20(29-4)12-6-17;/h5-12,16H,13-15H2,1-4H3,(H2,24,25,26);1H. The van der Waals surface area contributed by atoms with Gasteiger partial charge < -0.3 is 20.3 Å². The van der Waals surface area contributed by atoms with Crippen molar-refractivity contribution in [3.63, 3.8) is 0 Å². The number of hydrogen-bond donors (Lipinski definition) is 2. The van der Waals surface area contributed by atoms with Crippen molar-refractivity contribution < 1.29 is 9.53 Å². The monoisotopic (exact) mass is 544 g/mol. The Hall–Kier alpha value is -2.00. The van der Waals surface area contributed by atoms with Gasteiger partial charge in [0, 0.05) is 25.7 Å².